The second-order valence-corrected chi connectivity index (χ2v) is 10.2. The first-order valence-corrected chi connectivity index (χ1v) is 13.1. The first-order chi connectivity index (χ1) is 18.4. The Labute approximate surface area is 225 Å². The number of hydrazone groups is 1. The molecular weight excluding hydrogens is 500 g/mol. The van der Waals surface area contributed by atoms with Crippen LogP contribution in [0.1, 0.15) is 35.6 Å². The fraction of sp³-hybridized carbons (Fsp3) is 0.241. The zero-order chi connectivity index (χ0) is 26.6. The van der Waals surface area contributed by atoms with Gasteiger partial charge >= 0.3 is 0 Å². The average molecular weight is 529 g/mol. The lowest BCUT2D eigenvalue weighted by Crippen LogP contribution is -2.25. The standard InChI is InChI=1S/C29H28N4O4S/c1-18-9-12-21(13-10-18)30-27(34)17-26-28(35)31-29(38-26)33-23(16-22(32-33)19-7-5-4-6-8-19)20-11-14-24(36-2)25(15-20)37-3/h4-15,23,26H,16-17H2,1-3H3,(H,30,34)/t23-,26+/m0/s1. The summed E-state index contributed by atoms with van der Waals surface area (Å²) in [4.78, 5) is 29.9. The maximum atomic E-state index is 12.9. The van der Waals surface area contributed by atoms with Crippen molar-refractivity contribution in [1.29, 1.82) is 0 Å². The molecule has 3 aromatic rings. The third-order valence-corrected chi connectivity index (χ3v) is 7.58. The minimum Gasteiger partial charge on any atom is -0.493 e. The second-order valence-electron chi connectivity index (χ2n) is 9.05. The Morgan fingerprint density at radius 2 is 1.76 bits per heavy atom. The van der Waals surface area contributed by atoms with Gasteiger partial charge in [0.05, 0.1) is 26.0 Å². The molecule has 0 aromatic heterocycles. The Balaban J connectivity index is 1.37. The van der Waals surface area contributed by atoms with Crippen LogP contribution in [0, 0.1) is 6.92 Å². The van der Waals surface area contributed by atoms with Crippen molar-refractivity contribution in [3.05, 3.63) is 89.5 Å². The molecule has 38 heavy (non-hydrogen) atoms. The van der Waals surface area contributed by atoms with Gasteiger partial charge in [0.2, 0.25) is 5.91 Å². The van der Waals surface area contributed by atoms with Crippen LogP contribution in [0.4, 0.5) is 5.69 Å². The number of benzene rings is 3. The van der Waals surface area contributed by atoms with Gasteiger partial charge in [-0.25, -0.2) is 5.01 Å². The molecule has 9 heteroatoms. The highest BCUT2D eigenvalue weighted by Gasteiger charge is 2.39. The average Bonchev–Trinajstić information content (AvgIpc) is 3.54. The largest absolute Gasteiger partial charge is 0.493 e. The maximum absolute atomic E-state index is 12.9. The van der Waals surface area contributed by atoms with E-state index in [1.165, 1.54) is 11.8 Å². The highest BCUT2D eigenvalue weighted by Crippen LogP contribution is 2.41. The van der Waals surface area contributed by atoms with Gasteiger partial charge < -0.3 is 14.8 Å². The van der Waals surface area contributed by atoms with Crippen molar-refractivity contribution in [2.75, 3.05) is 19.5 Å². The van der Waals surface area contributed by atoms with E-state index in [0.717, 1.165) is 22.4 Å². The van der Waals surface area contributed by atoms with Gasteiger partial charge in [0.1, 0.15) is 5.25 Å². The normalized spacial score (nSPS) is 18.7. The van der Waals surface area contributed by atoms with Crippen LogP contribution in [0.5, 0.6) is 11.5 Å². The number of nitrogens with zero attached hydrogens (tertiary/aromatic N) is 3. The molecule has 0 fully saturated rings. The van der Waals surface area contributed by atoms with Gasteiger partial charge in [0.15, 0.2) is 16.7 Å². The summed E-state index contributed by atoms with van der Waals surface area (Å²) in [5.41, 5.74) is 4.65. The first-order valence-electron chi connectivity index (χ1n) is 12.2. The quantitative estimate of drug-likeness (QED) is 0.454. The molecule has 0 unspecified atom stereocenters. The van der Waals surface area contributed by atoms with Crippen molar-refractivity contribution >= 4 is 40.1 Å². The van der Waals surface area contributed by atoms with E-state index in [9.17, 15) is 9.59 Å². The van der Waals surface area contributed by atoms with Crippen LogP contribution in [0.25, 0.3) is 0 Å². The molecular formula is C29H28N4O4S. The van der Waals surface area contributed by atoms with Crippen LogP contribution in [-0.4, -0.2) is 47.2 Å². The molecule has 5 rings (SSSR count). The van der Waals surface area contributed by atoms with E-state index in [4.69, 9.17) is 14.6 Å². The van der Waals surface area contributed by atoms with E-state index in [1.54, 1.807) is 19.2 Å². The highest BCUT2D eigenvalue weighted by atomic mass is 32.2. The van der Waals surface area contributed by atoms with E-state index in [0.29, 0.717) is 28.8 Å². The zero-order valence-electron chi connectivity index (χ0n) is 21.4. The van der Waals surface area contributed by atoms with E-state index in [1.807, 2.05) is 79.7 Å². The lowest BCUT2D eigenvalue weighted by Gasteiger charge is -2.24. The number of aliphatic imine (C=N–C) groups is 1. The molecule has 2 heterocycles. The number of methoxy groups -OCH3 is 2. The summed E-state index contributed by atoms with van der Waals surface area (Å²) in [5.74, 6) is 0.675. The number of carbonyl (C=O) groups is 2. The molecule has 3 aromatic carbocycles. The van der Waals surface area contributed by atoms with Crippen molar-refractivity contribution < 1.29 is 19.1 Å². The number of thioether (sulfide) groups is 1. The maximum Gasteiger partial charge on any atom is 0.262 e. The van der Waals surface area contributed by atoms with Gasteiger partial charge in [0.25, 0.3) is 5.91 Å². The third-order valence-electron chi connectivity index (χ3n) is 6.44. The van der Waals surface area contributed by atoms with Crippen LogP contribution in [0.15, 0.2) is 82.9 Å². The van der Waals surface area contributed by atoms with Crippen molar-refractivity contribution in [1.82, 2.24) is 5.01 Å². The van der Waals surface area contributed by atoms with Crippen LogP contribution >= 0.6 is 11.8 Å². The lowest BCUT2D eigenvalue weighted by atomic mass is 9.98. The Morgan fingerprint density at radius 3 is 2.47 bits per heavy atom. The van der Waals surface area contributed by atoms with E-state index >= 15 is 0 Å². The second kappa shape index (κ2) is 11.1. The van der Waals surface area contributed by atoms with Gasteiger partial charge in [0, 0.05) is 18.5 Å². The summed E-state index contributed by atoms with van der Waals surface area (Å²) < 4.78 is 10.9. The molecule has 0 radical (unpaired) electrons. The van der Waals surface area contributed by atoms with Gasteiger partial charge in [-0.05, 0) is 42.3 Å². The summed E-state index contributed by atoms with van der Waals surface area (Å²) in [5, 5.41) is 9.42. The number of hydrogen-bond acceptors (Lipinski definition) is 7. The molecule has 0 saturated carbocycles. The fourth-order valence-corrected chi connectivity index (χ4v) is 5.49. The Kier molecular flexibility index (Phi) is 7.46. The molecule has 0 spiro atoms. The van der Waals surface area contributed by atoms with Gasteiger partial charge in [-0.15, -0.1) is 0 Å². The summed E-state index contributed by atoms with van der Waals surface area (Å²) in [6.07, 6.45) is 0.639. The van der Waals surface area contributed by atoms with Gasteiger partial charge in [-0.2, -0.15) is 10.1 Å². The Hall–Kier alpha value is -4.11. The van der Waals surface area contributed by atoms with Gasteiger partial charge in [-0.1, -0.05) is 65.9 Å². The number of rotatable bonds is 7. The summed E-state index contributed by atoms with van der Waals surface area (Å²) in [6, 6.07) is 23.0. The Bertz CT molecular complexity index is 1410. The summed E-state index contributed by atoms with van der Waals surface area (Å²) >= 11 is 1.27. The number of amides is 2. The number of ether oxygens (including phenoxy) is 2. The van der Waals surface area contributed by atoms with Crippen LogP contribution in [0.2, 0.25) is 0 Å². The van der Waals surface area contributed by atoms with E-state index < -0.39 is 5.25 Å². The van der Waals surface area contributed by atoms with Crippen molar-refractivity contribution in [3.8, 4) is 11.5 Å². The molecule has 0 aliphatic carbocycles. The van der Waals surface area contributed by atoms with Crippen LogP contribution in [-0.2, 0) is 9.59 Å². The predicted molar refractivity (Wildman–Crippen MR) is 150 cm³/mol. The molecule has 0 saturated heterocycles. The van der Waals surface area contributed by atoms with Crippen LogP contribution in [0.3, 0.4) is 0 Å². The molecule has 1 N–H and O–H groups in total. The predicted octanol–water partition coefficient (Wildman–Crippen LogP) is 5.19. The number of anilines is 1. The minimum absolute atomic E-state index is 0.0223. The molecule has 2 aliphatic heterocycles. The first kappa shape index (κ1) is 25.5. The third kappa shape index (κ3) is 5.43. The van der Waals surface area contributed by atoms with Crippen molar-refractivity contribution in [3.63, 3.8) is 0 Å². The molecule has 8 nitrogen and oxygen atoms in total. The van der Waals surface area contributed by atoms with Crippen molar-refractivity contribution in [2.45, 2.75) is 31.1 Å². The monoisotopic (exact) mass is 528 g/mol. The minimum atomic E-state index is -0.613. The lowest BCUT2D eigenvalue weighted by molar-refractivity contribution is -0.121. The topological polar surface area (TPSA) is 92.6 Å². The summed E-state index contributed by atoms with van der Waals surface area (Å²) in [6.45, 7) is 1.98. The molecule has 194 valence electrons. The fourth-order valence-electron chi connectivity index (χ4n) is 4.43. The molecule has 2 aliphatic rings. The summed E-state index contributed by atoms with van der Waals surface area (Å²) in [7, 11) is 3.20. The Morgan fingerprint density at radius 1 is 1.03 bits per heavy atom. The number of hydrogen-bond donors (Lipinski definition) is 1. The number of carbonyl (C=O) groups excluding carboxylic acids is 2. The SMILES string of the molecule is COc1ccc([C@@H]2CC(c3ccccc3)=NN2C2=NC(=O)[C@@H](CC(=O)Nc3ccc(C)cc3)S2)cc1OC. The molecule has 2 atom stereocenters. The van der Waals surface area contributed by atoms with Crippen LogP contribution < -0.4 is 14.8 Å². The number of aryl methyl sites for hydroxylation is 1. The van der Waals surface area contributed by atoms with E-state index in [2.05, 4.69) is 10.3 Å². The van der Waals surface area contributed by atoms with Crippen molar-refractivity contribution in [2.24, 2.45) is 10.1 Å². The highest BCUT2D eigenvalue weighted by molar-refractivity contribution is 8.15. The van der Waals surface area contributed by atoms with Gasteiger partial charge in [-0.3, -0.25) is 9.59 Å². The smallest absolute Gasteiger partial charge is 0.262 e. The zero-order valence-corrected chi connectivity index (χ0v) is 22.2. The molecule has 2 amide bonds. The van der Waals surface area contributed by atoms with E-state index in [-0.39, 0.29) is 24.3 Å². The number of amidine groups is 1. The molecule has 0 bridgehead atoms. The number of nitrogens with one attached hydrogen (secondary N) is 1.